The maximum absolute atomic E-state index is 11.2. The third kappa shape index (κ3) is 5.23. The maximum Gasteiger partial charge on any atom is 0.341 e. The van der Waals surface area contributed by atoms with E-state index in [1.165, 1.54) is 12.3 Å². The van der Waals surface area contributed by atoms with E-state index in [-0.39, 0.29) is 22.2 Å². The molecule has 1 saturated heterocycles. The number of nitrogen functional groups attached to an aromatic ring is 1. The summed E-state index contributed by atoms with van der Waals surface area (Å²) in [4.78, 5) is 25.0. The zero-order valence-electron chi connectivity index (χ0n) is 10.5. The molecule has 0 atom stereocenters. The summed E-state index contributed by atoms with van der Waals surface area (Å²) in [6.07, 6.45) is 1.93. The Morgan fingerprint density at radius 2 is 2.37 bits per heavy atom. The number of rotatable bonds is 2. The van der Waals surface area contributed by atoms with Crippen LogP contribution in [0.4, 0.5) is 5.69 Å². The first-order valence-electron chi connectivity index (χ1n) is 5.72. The summed E-state index contributed by atoms with van der Waals surface area (Å²) < 4.78 is 9.45. The van der Waals surface area contributed by atoms with E-state index in [0.29, 0.717) is 26.2 Å². The highest BCUT2D eigenvalue weighted by atomic mass is 35.5. The first kappa shape index (κ1) is 15.4. The monoisotopic (exact) mass is 286 g/mol. The molecule has 0 amide bonds. The van der Waals surface area contributed by atoms with Gasteiger partial charge in [0.2, 0.25) is 0 Å². The summed E-state index contributed by atoms with van der Waals surface area (Å²) in [5.74, 6) is -0.251. The fourth-order valence-electron chi connectivity index (χ4n) is 1.27. The minimum Gasteiger partial charge on any atom is -0.462 e. The second kappa shape index (κ2) is 7.70. The molecule has 0 radical (unpaired) electrons. The van der Waals surface area contributed by atoms with Crippen molar-refractivity contribution in [2.45, 2.75) is 13.3 Å². The fourth-order valence-corrected chi connectivity index (χ4v) is 1.43. The normalized spacial score (nSPS) is 13.7. The number of pyridine rings is 1. The number of ketones is 1. The van der Waals surface area contributed by atoms with Gasteiger partial charge in [0, 0.05) is 12.6 Å². The molecule has 7 heteroatoms. The number of nitrogens with two attached hydrogens (primary N) is 1. The van der Waals surface area contributed by atoms with Crippen LogP contribution < -0.4 is 5.73 Å². The minimum atomic E-state index is -0.482. The number of carbonyl (C=O) groups is 2. The molecule has 2 rings (SSSR count). The summed E-state index contributed by atoms with van der Waals surface area (Å²) in [5.41, 5.74) is 6.05. The quantitative estimate of drug-likeness (QED) is 0.654. The first-order valence-corrected chi connectivity index (χ1v) is 6.10. The van der Waals surface area contributed by atoms with Crippen LogP contribution in [0.5, 0.6) is 0 Å². The summed E-state index contributed by atoms with van der Waals surface area (Å²) in [5, 5.41) is 0.255. The van der Waals surface area contributed by atoms with Crippen molar-refractivity contribution in [3.05, 3.63) is 23.0 Å². The zero-order chi connectivity index (χ0) is 14.3. The van der Waals surface area contributed by atoms with Crippen LogP contribution in [0.25, 0.3) is 0 Å². The molecule has 19 heavy (non-hydrogen) atoms. The predicted octanol–water partition coefficient (Wildman–Crippen LogP) is 1.47. The Kier molecular flexibility index (Phi) is 6.24. The van der Waals surface area contributed by atoms with Crippen molar-refractivity contribution >= 4 is 29.0 Å². The van der Waals surface area contributed by atoms with Crippen molar-refractivity contribution in [1.29, 1.82) is 0 Å². The molecule has 1 aliphatic heterocycles. The summed E-state index contributed by atoms with van der Waals surface area (Å²) in [6.45, 7) is 3.01. The number of carbonyl (C=O) groups excluding carboxylic acids is 2. The van der Waals surface area contributed by atoms with Crippen LogP contribution >= 0.6 is 11.6 Å². The molecule has 0 spiro atoms. The third-order valence-electron chi connectivity index (χ3n) is 2.19. The van der Waals surface area contributed by atoms with Crippen LogP contribution in [-0.2, 0) is 14.3 Å². The van der Waals surface area contributed by atoms with Gasteiger partial charge in [-0.2, -0.15) is 0 Å². The number of hydrogen-bond donors (Lipinski definition) is 1. The Bertz CT molecular complexity index is 457. The number of Topliss-reactive ketones (excluding diaryl/α,β-unsaturated/α-hetero) is 1. The number of halogens is 1. The van der Waals surface area contributed by atoms with Crippen molar-refractivity contribution < 1.29 is 19.1 Å². The van der Waals surface area contributed by atoms with Crippen LogP contribution in [0.15, 0.2) is 12.3 Å². The van der Waals surface area contributed by atoms with Crippen molar-refractivity contribution in [3.63, 3.8) is 0 Å². The lowest BCUT2D eigenvalue weighted by Crippen LogP contribution is -2.08. The van der Waals surface area contributed by atoms with Gasteiger partial charge in [-0.05, 0) is 13.0 Å². The SMILES string of the molecule is CCOC(=O)c1cnc(Cl)cc1N.O=C1CCOC1. The Morgan fingerprint density at radius 3 is 2.79 bits per heavy atom. The van der Waals surface area contributed by atoms with Gasteiger partial charge in [0.25, 0.3) is 0 Å². The number of hydrogen-bond acceptors (Lipinski definition) is 6. The lowest BCUT2D eigenvalue weighted by molar-refractivity contribution is -0.117. The van der Waals surface area contributed by atoms with Crippen LogP contribution in [0, 0.1) is 0 Å². The Morgan fingerprint density at radius 1 is 1.63 bits per heavy atom. The molecule has 2 heterocycles. The highest BCUT2D eigenvalue weighted by Gasteiger charge is 2.11. The molecular weight excluding hydrogens is 272 g/mol. The number of esters is 1. The van der Waals surface area contributed by atoms with E-state index in [4.69, 9.17) is 26.8 Å². The van der Waals surface area contributed by atoms with E-state index in [1.54, 1.807) is 6.92 Å². The fraction of sp³-hybridized carbons (Fsp3) is 0.417. The molecule has 0 aliphatic carbocycles. The summed E-state index contributed by atoms with van der Waals surface area (Å²) >= 11 is 5.56. The summed E-state index contributed by atoms with van der Waals surface area (Å²) in [7, 11) is 0. The number of anilines is 1. The molecule has 1 aromatic rings. The van der Waals surface area contributed by atoms with Gasteiger partial charge in [0.15, 0.2) is 5.78 Å². The lowest BCUT2D eigenvalue weighted by Gasteiger charge is -2.03. The van der Waals surface area contributed by atoms with Gasteiger partial charge in [0.1, 0.15) is 17.3 Å². The van der Waals surface area contributed by atoms with Crippen molar-refractivity contribution in [2.75, 3.05) is 25.6 Å². The highest BCUT2D eigenvalue weighted by Crippen LogP contribution is 2.15. The van der Waals surface area contributed by atoms with Gasteiger partial charge in [-0.3, -0.25) is 4.79 Å². The van der Waals surface area contributed by atoms with E-state index in [1.807, 2.05) is 0 Å². The van der Waals surface area contributed by atoms with Crippen LogP contribution in [-0.4, -0.2) is 36.6 Å². The molecular formula is C12H15ClN2O4. The molecule has 1 fully saturated rings. The molecule has 0 aromatic carbocycles. The second-order valence-electron chi connectivity index (χ2n) is 3.66. The van der Waals surface area contributed by atoms with E-state index in [0.717, 1.165) is 0 Å². The van der Waals surface area contributed by atoms with E-state index in [9.17, 15) is 9.59 Å². The third-order valence-corrected chi connectivity index (χ3v) is 2.39. The first-order chi connectivity index (χ1) is 9.04. The largest absolute Gasteiger partial charge is 0.462 e. The highest BCUT2D eigenvalue weighted by molar-refractivity contribution is 6.29. The van der Waals surface area contributed by atoms with Crippen molar-refractivity contribution in [1.82, 2.24) is 4.98 Å². The number of ether oxygens (including phenoxy) is 2. The summed E-state index contributed by atoms with van der Waals surface area (Å²) in [6, 6.07) is 1.41. The molecule has 0 bridgehead atoms. The minimum absolute atomic E-state index is 0.231. The van der Waals surface area contributed by atoms with Crippen LogP contribution in [0.1, 0.15) is 23.7 Å². The average molecular weight is 287 g/mol. The van der Waals surface area contributed by atoms with Gasteiger partial charge < -0.3 is 15.2 Å². The van der Waals surface area contributed by atoms with E-state index < -0.39 is 5.97 Å². The standard InChI is InChI=1S/C8H9ClN2O2.C4H6O2/c1-2-13-8(12)5-4-11-7(9)3-6(5)10;5-4-1-2-6-3-4/h3-4H,2H2,1H3,(H2,10,11);1-3H2. The van der Waals surface area contributed by atoms with Crippen LogP contribution in [0.3, 0.4) is 0 Å². The smallest absolute Gasteiger partial charge is 0.341 e. The molecule has 0 unspecified atom stereocenters. The Hall–Kier alpha value is -1.66. The average Bonchev–Trinajstić information content (AvgIpc) is 2.81. The van der Waals surface area contributed by atoms with Gasteiger partial charge in [0.05, 0.1) is 18.9 Å². The van der Waals surface area contributed by atoms with Gasteiger partial charge in [-0.15, -0.1) is 0 Å². The number of nitrogens with zero attached hydrogens (tertiary/aromatic N) is 1. The molecule has 6 nitrogen and oxygen atoms in total. The molecule has 104 valence electrons. The molecule has 2 N–H and O–H groups in total. The number of aromatic nitrogens is 1. The van der Waals surface area contributed by atoms with E-state index in [2.05, 4.69) is 4.98 Å². The molecule has 1 aliphatic rings. The second-order valence-corrected chi connectivity index (χ2v) is 4.04. The lowest BCUT2D eigenvalue weighted by atomic mass is 10.2. The maximum atomic E-state index is 11.2. The predicted molar refractivity (Wildman–Crippen MR) is 70.1 cm³/mol. The zero-order valence-corrected chi connectivity index (χ0v) is 11.3. The van der Waals surface area contributed by atoms with Gasteiger partial charge >= 0.3 is 5.97 Å². The van der Waals surface area contributed by atoms with E-state index >= 15 is 0 Å². The Labute approximate surface area is 115 Å². The van der Waals surface area contributed by atoms with Gasteiger partial charge in [-0.1, -0.05) is 11.6 Å². The van der Waals surface area contributed by atoms with Crippen molar-refractivity contribution in [3.8, 4) is 0 Å². The topological polar surface area (TPSA) is 91.5 Å². The van der Waals surface area contributed by atoms with Crippen molar-refractivity contribution in [2.24, 2.45) is 0 Å². The molecule has 0 saturated carbocycles. The Balaban J connectivity index is 0.000000250. The molecule has 1 aromatic heterocycles. The van der Waals surface area contributed by atoms with Crippen LogP contribution in [0.2, 0.25) is 5.15 Å². The van der Waals surface area contributed by atoms with Gasteiger partial charge in [-0.25, -0.2) is 9.78 Å².